The molecule has 0 spiro atoms. The average Bonchev–Trinajstić information content (AvgIpc) is 2.80. The first-order valence-corrected chi connectivity index (χ1v) is 7.19. The minimum atomic E-state index is 0.632. The Hall–Kier alpha value is -1.77. The standard InChI is InChI=1S/C14H8BrN3S/c15-10-5-9(8-16)6-11(7-10)19-14-17-12-3-1-2-4-13(12)18-14/h1-7H,(H,17,18). The highest BCUT2D eigenvalue weighted by Gasteiger charge is 2.06. The van der Waals surface area contributed by atoms with E-state index >= 15 is 0 Å². The fourth-order valence-corrected chi connectivity index (χ4v) is 3.32. The molecular weight excluding hydrogens is 322 g/mol. The molecule has 0 radical (unpaired) electrons. The van der Waals surface area contributed by atoms with Gasteiger partial charge in [0, 0.05) is 9.37 Å². The van der Waals surface area contributed by atoms with Gasteiger partial charge in [-0.05, 0) is 30.3 Å². The summed E-state index contributed by atoms with van der Waals surface area (Å²) in [7, 11) is 0. The summed E-state index contributed by atoms with van der Waals surface area (Å²) in [5.74, 6) is 0. The van der Waals surface area contributed by atoms with Crippen LogP contribution in [0.4, 0.5) is 0 Å². The summed E-state index contributed by atoms with van der Waals surface area (Å²) in [6, 6.07) is 15.7. The normalized spacial score (nSPS) is 10.5. The van der Waals surface area contributed by atoms with Gasteiger partial charge in [0.15, 0.2) is 5.16 Å². The van der Waals surface area contributed by atoms with Crippen molar-refractivity contribution >= 4 is 38.7 Å². The summed E-state index contributed by atoms with van der Waals surface area (Å²) >= 11 is 4.92. The molecule has 92 valence electrons. The summed E-state index contributed by atoms with van der Waals surface area (Å²) in [5, 5.41) is 9.79. The third kappa shape index (κ3) is 2.65. The van der Waals surface area contributed by atoms with Crippen LogP contribution in [0.3, 0.4) is 0 Å². The van der Waals surface area contributed by atoms with Crippen LogP contribution < -0.4 is 0 Å². The van der Waals surface area contributed by atoms with Crippen molar-refractivity contribution in [3.05, 3.63) is 52.5 Å². The number of rotatable bonds is 2. The molecule has 0 unspecified atom stereocenters. The minimum Gasteiger partial charge on any atom is -0.333 e. The van der Waals surface area contributed by atoms with Gasteiger partial charge < -0.3 is 4.98 Å². The maximum absolute atomic E-state index is 8.96. The Morgan fingerprint density at radius 3 is 2.84 bits per heavy atom. The molecule has 0 atom stereocenters. The van der Waals surface area contributed by atoms with Crippen LogP contribution >= 0.6 is 27.7 Å². The molecule has 1 aromatic heterocycles. The fraction of sp³-hybridized carbons (Fsp3) is 0. The van der Waals surface area contributed by atoms with Gasteiger partial charge in [0.05, 0.1) is 22.7 Å². The Morgan fingerprint density at radius 2 is 2.05 bits per heavy atom. The molecule has 19 heavy (non-hydrogen) atoms. The van der Waals surface area contributed by atoms with Crippen LogP contribution in [0.1, 0.15) is 5.56 Å². The summed E-state index contributed by atoms with van der Waals surface area (Å²) < 4.78 is 0.894. The molecule has 1 N–H and O–H groups in total. The first-order chi connectivity index (χ1) is 9.24. The molecule has 0 bridgehead atoms. The van der Waals surface area contributed by atoms with E-state index in [1.807, 2.05) is 36.4 Å². The van der Waals surface area contributed by atoms with E-state index < -0.39 is 0 Å². The minimum absolute atomic E-state index is 0.632. The van der Waals surface area contributed by atoms with Crippen molar-refractivity contribution < 1.29 is 0 Å². The zero-order valence-corrected chi connectivity index (χ0v) is 12.1. The van der Waals surface area contributed by atoms with Gasteiger partial charge in [-0.3, -0.25) is 0 Å². The number of para-hydroxylation sites is 2. The van der Waals surface area contributed by atoms with E-state index in [0.29, 0.717) is 5.56 Å². The highest BCUT2D eigenvalue weighted by Crippen LogP contribution is 2.30. The van der Waals surface area contributed by atoms with E-state index in [1.165, 1.54) is 11.8 Å². The van der Waals surface area contributed by atoms with Gasteiger partial charge in [-0.15, -0.1) is 0 Å². The van der Waals surface area contributed by atoms with Crippen molar-refractivity contribution in [2.75, 3.05) is 0 Å². The molecule has 0 saturated heterocycles. The molecular formula is C14H8BrN3S. The van der Waals surface area contributed by atoms with Crippen molar-refractivity contribution in [2.24, 2.45) is 0 Å². The number of fused-ring (bicyclic) bond motifs is 1. The van der Waals surface area contributed by atoms with Crippen LogP contribution in [0, 0.1) is 11.3 Å². The fourth-order valence-electron chi connectivity index (χ4n) is 1.78. The molecule has 0 aliphatic carbocycles. The Balaban J connectivity index is 1.96. The summed E-state index contributed by atoms with van der Waals surface area (Å²) in [4.78, 5) is 8.73. The number of halogens is 1. The summed E-state index contributed by atoms with van der Waals surface area (Å²) in [6.07, 6.45) is 0. The van der Waals surface area contributed by atoms with E-state index in [-0.39, 0.29) is 0 Å². The maximum atomic E-state index is 8.96. The van der Waals surface area contributed by atoms with Gasteiger partial charge in [0.25, 0.3) is 0 Å². The second-order valence-electron chi connectivity index (χ2n) is 3.95. The van der Waals surface area contributed by atoms with Crippen molar-refractivity contribution in [3.63, 3.8) is 0 Å². The highest BCUT2D eigenvalue weighted by atomic mass is 79.9. The lowest BCUT2D eigenvalue weighted by atomic mass is 10.2. The van der Waals surface area contributed by atoms with Crippen molar-refractivity contribution in [1.82, 2.24) is 9.97 Å². The molecule has 0 amide bonds. The van der Waals surface area contributed by atoms with Crippen LogP contribution in [0.5, 0.6) is 0 Å². The summed E-state index contributed by atoms with van der Waals surface area (Å²) in [5.41, 5.74) is 2.59. The number of imidazole rings is 1. The molecule has 3 rings (SSSR count). The third-order valence-corrected chi connectivity index (χ3v) is 3.90. The Morgan fingerprint density at radius 1 is 1.21 bits per heavy atom. The monoisotopic (exact) mass is 329 g/mol. The van der Waals surface area contributed by atoms with Gasteiger partial charge in [-0.25, -0.2) is 4.98 Å². The number of H-pyrrole nitrogens is 1. The number of nitriles is 1. The van der Waals surface area contributed by atoms with Crippen molar-refractivity contribution in [1.29, 1.82) is 5.26 Å². The third-order valence-electron chi connectivity index (χ3n) is 2.58. The first kappa shape index (κ1) is 12.3. The molecule has 1 heterocycles. The smallest absolute Gasteiger partial charge is 0.171 e. The van der Waals surface area contributed by atoms with Gasteiger partial charge in [-0.1, -0.05) is 39.8 Å². The number of nitrogens with zero attached hydrogens (tertiary/aromatic N) is 2. The van der Waals surface area contributed by atoms with Gasteiger partial charge in [0.2, 0.25) is 0 Å². The van der Waals surface area contributed by atoms with Gasteiger partial charge in [-0.2, -0.15) is 5.26 Å². The lowest BCUT2D eigenvalue weighted by Gasteiger charge is -2.00. The van der Waals surface area contributed by atoms with Gasteiger partial charge >= 0.3 is 0 Å². The molecule has 0 fully saturated rings. The van der Waals surface area contributed by atoms with Crippen molar-refractivity contribution in [3.8, 4) is 6.07 Å². The predicted octanol–water partition coefficient (Wildman–Crippen LogP) is 4.35. The van der Waals surface area contributed by atoms with E-state index in [9.17, 15) is 0 Å². The Labute approximate surface area is 122 Å². The average molecular weight is 330 g/mol. The molecule has 0 aliphatic rings. The highest BCUT2D eigenvalue weighted by molar-refractivity contribution is 9.10. The Kier molecular flexibility index (Phi) is 3.28. The van der Waals surface area contributed by atoms with Crippen LogP contribution in [0.2, 0.25) is 0 Å². The van der Waals surface area contributed by atoms with Crippen LogP contribution in [-0.4, -0.2) is 9.97 Å². The van der Waals surface area contributed by atoms with E-state index in [4.69, 9.17) is 5.26 Å². The van der Waals surface area contributed by atoms with E-state index in [2.05, 4.69) is 32.0 Å². The van der Waals surface area contributed by atoms with Crippen LogP contribution in [0.25, 0.3) is 11.0 Å². The lowest BCUT2D eigenvalue weighted by molar-refractivity contribution is 1.08. The lowest BCUT2D eigenvalue weighted by Crippen LogP contribution is -1.80. The largest absolute Gasteiger partial charge is 0.333 e. The van der Waals surface area contributed by atoms with E-state index in [1.54, 1.807) is 6.07 Å². The molecule has 3 nitrogen and oxygen atoms in total. The molecule has 0 saturated carbocycles. The zero-order chi connectivity index (χ0) is 13.2. The topological polar surface area (TPSA) is 52.5 Å². The second kappa shape index (κ2) is 5.08. The predicted molar refractivity (Wildman–Crippen MR) is 79.1 cm³/mol. The quantitative estimate of drug-likeness (QED) is 0.760. The number of benzene rings is 2. The van der Waals surface area contributed by atoms with Crippen LogP contribution in [0.15, 0.2) is 57.0 Å². The number of nitrogens with one attached hydrogen (secondary N) is 1. The number of hydrogen-bond acceptors (Lipinski definition) is 3. The second-order valence-corrected chi connectivity index (χ2v) is 5.93. The Bertz CT molecular complexity index is 756. The molecule has 0 aliphatic heterocycles. The molecule has 3 aromatic rings. The molecule has 2 aromatic carbocycles. The number of aromatic nitrogens is 2. The first-order valence-electron chi connectivity index (χ1n) is 5.58. The SMILES string of the molecule is N#Cc1cc(Br)cc(Sc2nc3ccccc3[nH]2)c1. The molecule has 5 heteroatoms. The summed E-state index contributed by atoms with van der Waals surface area (Å²) in [6.45, 7) is 0. The number of aromatic amines is 1. The van der Waals surface area contributed by atoms with Gasteiger partial charge in [0.1, 0.15) is 0 Å². The maximum Gasteiger partial charge on any atom is 0.171 e. The number of hydrogen-bond donors (Lipinski definition) is 1. The van der Waals surface area contributed by atoms with Crippen LogP contribution in [-0.2, 0) is 0 Å². The van der Waals surface area contributed by atoms with E-state index in [0.717, 1.165) is 25.6 Å². The zero-order valence-electron chi connectivity index (χ0n) is 9.72. The van der Waals surface area contributed by atoms with Crippen molar-refractivity contribution in [2.45, 2.75) is 10.1 Å².